The van der Waals surface area contributed by atoms with Crippen LogP contribution in [-0.2, 0) is 24.7 Å². The van der Waals surface area contributed by atoms with Gasteiger partial charge in [0.25, 0.3) is 0 Å². The number of para-hydroxylation sites is 4. The minimum atomic E-state index is -4.90. The van der Waals surface area contributed by atoms with Crippen LogP contribution in [0.1, 0.15) is 97.3 Å². The molecule has 14 rings (SSSR count). The van der Waals surface area contributed by atoms with Crippen LogP contribution in [0, 0.1) is 0 Å². The van der Waals surface area contributed by atoms with Gasteiger partial charge in [0.2, 0.25) is 0 Å². The summed E-state index contributed by atoms with van der Waals surface area (Å²) >= 11 is 14.8. The molecule has 4 aliphatic rings. The smallest absolute Gasteiger partial charge is 0.419 e. The number of hydrogen-bond acceptors (Lipinski definition) is 11. The van der Waals surface area contributed by atoms with Crippen LogP contribution in [0.5, 0.6) is 23.0 Å². The van der Waals surface area contributed by atoms with Gasteiger partial charge < -0.3 is 18.9 Å². The van der Waals surface area contributed by atoms with Gasteiger partial charge in [-0.15, -0.1) is 0 Å². The predicted molar refractivity (Wildman–Crippen MR) is 354 cm³/mol. The Hall–Kier alpha value is -12.2. The lowest BCUT2D eigenvalue weighted by molar-refractivity contribution is -0.139. The van der Waals surface area contributed by atoms with Gasteiger partial charge in [-0.3, -0.25) is 0 Å². The second-order valence-corrected chi connectivity index (χ2v) is 23.8. The number of nitrogens with zero attached hydrogens (tertiary/aromatic N) is 4. The minimum absolute atomic E-state index is 0.00289. The number of hydrogen-bond donors (Lipinski definition) is 1. The Balaban J connectivity index is 0.986. The number of carbonyl (C=O) groups is 4. The van der Waals surface area contributed by atoms with Crippen molar-refractivity contribution in [2.45, 2.75) is 24.7 Å². The van der Waals surface area contributed by atoms with Crippen LogP contribution in [-0.4, -0.2) is 44.7 Å². The van der Waals surface area contributed by atoms with Crippen LogP contribution < -0.4 is 35.2 Å². The van der Waals surface area contributed by atoms with Gasteiger partial charge in [-0.25, -0.2) is 44.0 Å². The van der Waals surface area contributed by atoms with E-state index in [0.717, 1.165) is 72.8 Å². The SMILES string of the molecule is O=C(Oc1ccccc1C(F)(F)F)c1ccc(/C2=C3\C=C(Cl)C(=N3)/C(c3ccc(C(=O)Oc4ccccc4C(F)(F)F)cc3)=c3/cc/c4n3Nn3c2ccc3/C(c2ccc(C(=O)Oc3ccccc3C(F)(F)F)cc2)=C2N=C(C=C\2Cl)/C=4c2ccc(C(=O)Oc3ccccc3C(F)(F)F)cc2)cc1. The normalized spacial score (nSPS) is 16.7. The average Bonchev–Trinajstić information content (AvgIpc) is 1.56. The summed E-state index contributed by atoms with van der Waals surface area (Å²) in [6.45, 7) is 0. The Morgan fingerprint density at radius 2 is 0.660 bits per heavy atom. The Labute approximate surface area is 582 Å². The zero-order valence-electron chi connectivity index (χ0n) is 51.8. The highest BCUT2D eigenvalue weighted by atomic mass is 35.5. The van der Waals surface area contributed by atoms with Crippen molar-refractivity contribution in [2.75, 3.05) is 5.53 Å². The van der Waals surface area contributed by atoms with E-state index in [1.165, 1.54) is 133 Å². The molecule has 2 aromatic heterocycles. The molecule has 103 heavy (non-hydrogen) atoms. The molecule has 0 radical (unpaired) electrons. The van der Waals surface area contributed by atoms with E-state index in [2.05, 4.69) is 5.53 Å². The molecule has 0 amide bonds. The van der Waals surface area contributed by atoms with Crippen LogP contribution in [0.25, 0.3) is 22.3 Å². The number of carbonyl (C=O) groups excluding carboxylic acids is 4. The van der Waals surface area contributed by atoms with Crippen molar-refractivity contribution in [3.63, 3.8) is 0 Å². The maximum absolute atomic E-state index is 14.1. The number of benzene rings is 8. The first kappa shape index (κ1) is 67.9. The molecule has 0 saturated heterocycles. The number of rotatable bonds is 12. The topological polar surface area (TPSA) is 152 Å². The number of allylic oxidation sites excluding steroid dienone is 4. The van der Waals surface area contributed by atoms with Crippen molar-refractivity contribution in [3.8, 4) is 23.0 Å². The van der Waals surface area contributed by atoms with E-state index in [1.807, 2.05) is 0 Å². The molecule has 10 aromatic rings. The quantitative estimate of drug-likeness (QED) is 0.0716. The van der Waals surface area contributed by atoms with Crippen LogP contribution in [0.3, 0.4) is 0 Å². The molecule has 0 fully saturated rings. The number of ether oxygens (including phenoxy) is 4. The van der Waals surface area contributed by atoms with Crippen LogP contribution in [0.15, 0.2) is 262 Å². The number of esters is 4. The van der Waals surface area contributed by atoms with Gasteiger partial charge >= 0.3 is 48.6 Å². The van der Waals surface area contributed by atoms with E-state index in [0.29, 0.717) is 0 Å². The number of halogens is 14. The number of aliphatic imine (C=N–C) groups is 2. The summed E-state index contributed by atoms with van der Waals surface area (Å²) in [6, 6.07) is 45.2. The van der Waals surface area contributed by atoms with Gasteiger partial charge in [0.15, 0.2) is 0 Å². The fourth-order valence-corrected chi connectivity index (χ4v) is 12.4. The van der Waals surface area contributed by atoms with Crippen molar-refractivity contribution in [2.24, 2.45) is 9.98 Å². The van der Waals surface area contributed by atoms with Gasteiger partial charge in [-0.2, -0.15) is 52.7 Å². The second-order valence-electron chi connectivity index (χ2n) is 23.0. The Morgan fingerprint density at radius 1 is 0.340 bits per heavy atom. The maximum Gasteiger partial charge on any atom is 0.419 e. The fourth-order valence-electron chi connectivity index (χ4n) is 11.9. The molecular formula is C76H39Cl2F12N5O8. The van der Waals surface area contributed by atoms with E-state index in [9.17, 15) is 71.9 Å². The summed E-state index contributed by atoms with van der Waals surface area (Å²) < 4.78 is 194. The molecule has 0 aliphatic carbocycles. The molecule has 0 unspecified atom stereocenters. The molecule has 0 atom stereocenters. The monoisotopic (exact) mass is 1450 g/mol. The molecule has 514 valence electrons. The van der Waals surface area contributed by atoms with Gasteiger partial charge in [-0.05, 0) is 156 Å². The standard InChI is InChI=1S/C76H39Cl2F12N5O8/c77-51-37-53-63(39-17-25-43(26-18-39)69(96)100-59-13-5-1-9-47(59)73(79,80)81)55-33-35-57-65(41-21-29-45(30-22-41)71(98)102-61-15-7-3-11-49(61)75(85,86)87)68-52(78)38-54(92-68)64(40-19-27-44(28-20-40)70(97)101-60-14-6-2-10-48(60)74(82,83)84)56-34-36-58(95(56)93-94(55)57)66(67(51)91-53)42-23-31-46(32-24-42)72(99)103-62-16-8-4-12-50(62)76(88,89)90/h1-38,93H/b63-53-,63-55?,64-54?,64-56+,65-57?,66-58-,67-66?,68-65-. The van der Waals surface area contributed by atoms with Crippen molar-refractivity contribution in [1.29, 1.82) is 0 Å². The number of aromatic nitrogens is 2. The Kier molecular flexibility index (Phi) is 17.2. The first-order chi connectivity index (χ1) is 49.1. The molecule has 27 heteroatoms. The Bertz CT molecular complexity index is 5570. The average molecular weight is 1450 g/mol. The summed E-state index contributed by atoms with van der Waals surface area (Å²) in [5.41, 5.74) is 0.854. The third kappa shape index (κ3) is 13.1. The minimum Gasteiger partial charge on any atom is -0.422 e. The molecule has 6 heterocycles. The van der Waals surface area contributed by atoms with Crippen LogP contribution >= 0.6 is 23.2 Å². The summed E-state index contributed by atoms with van der Waals surface area (Å²) in [4.78, 5) is 65.5. The van der Waals surface area contributed by atoms with Crippen LogP contribution in [0.4, 0.5) is 52.7 Å². The van der Waals surface area contributed by atoms with Gasteiger partial charge in [0, 0.05) is 22.3 Å². The highest BCUT2D eigenvalue weighted by Crippen LogP contribution is 2.45. The molecule has 4 aliphatic heterocycles. The maximum atomic E-state index is 14.1. The number of fused-ring (bicyclic) bond motifs is 2. The summed E-state index contributed by atoms with van der Waals surface area (Å²) in [6.07, 6.45) is -16.5. The van der Waals surface area contributed by atoms with Gasteiger partial charge in [0.05, 0.1) is 99.5 Å². The van der Waals surface area contributed by atoms with Crippen LogP contribution in [0.2, 0.25) is 0 Å². The number of alkyl halides is 12. The predicted octanol–water partition coefficient (Wildman–Crippen LogP) is 17.3. The number of nitrogens with one attached hydrogen (secondary N) is 1. The van der Waals surface area contributed by atoms with E-state index in [1.54, 1.807) is 33.6 Å². The first-order valence-corrected chi connectivity index (χ1v) is 31.2. The van der Waals surface area contributed by atoms with Crippen molar-refractivity contribution in [1.82, 2.24) is 9.35 Å². The fraction of sp³-hybridized carbons (Fsp3) is 0.0526. The summed E-state index contributed by atoms with van der Waals surface area (Å²) in [5.74, 6) is -7.70. The molecule has 6 bridgehead atoms. The highest BCUT2D eigenvalue weighted by molar-refractivity contribution is 6.53. The van der Waals surface area contributed by atoms with Gasteiger partial charge in [0.1, 0.15) is 23.0 Å². The third-order valence-electron chi connectivity index (χ3n) is 16.6. The van der Waals surface area contributed by atoms with Crippen molar-refractivity contribution < 1.29 is 90.8 Å². The van der Waals surface area contributed by atoms with Crippen molar-refractivity contribution in [3.05, 3.63) is 341 Å². The molecule has 0 saturated carbocycles. The van der Waals surface area contributed by atoms with Gasteiger partial charge in [-0.1, -0.05) is 120 Å². The van der Waals surface area contributed by atoms with E-state index < -0.39 is 93.8 Å². The lowest BCUT2D eigenvalue weighted by Crippen LogP contribution is -2.42. The lowest BCUT2D eigenvalue weighted by Gasteiger charge is -2.24. The summed E-state index contributed by atoms with van der Waals surface area (Å²) in [7, 11) is 0. The van der Waals surface area contributed by atoms with E-state index >= 15 is 0 Å². The largest absolute Gasteiger partial charge is 0.422 e. The van der Waals surface area contributed by atoms with Crippen molar-refractivity contribution >= 4 is 80.8 Å². The summed E-state index contributed by atoms with van der Waals surface area (Å²) in [5, 5.41) is 0.484. The molecule has 13 nitrogen and oxygen atoms in total. The first-order valence-electron chi connectivity index (χ1n) is 30.4. The highest BCUT2D eigenvalue weighted by Gasteiger charge is 2.40. The molecule has 8 aromatic carbocycles. The van der Waals surface area contributed by atoms with E-state index in [4.69, 9.17) is 52.1 Å². The molecule has 1 N–H and O–H groups in total. The second kappa shape index (κ2) is 26.1. The zero-order chi connectivity index (χ0) is 72.6. The van der Waals surface area contributed by atoms with E-state index in [-0.39, 0.29) is 122 Å². The molecule has 0 spiro atoms. The zero-order valence-corrected chi connectivity index (χ0v) is 53.3. The molecular weight excluding hydrogens is 1410 g/mol. The third-order valence-corrected chi connectivity index (χ3v) is 17.2. The Morgan fingerprint density at radius 3 is 1.03 bits per heavy atom. The lowest BCUT2D eigenvalue weighted by atomic mass is 9.99.